The highest BCUT2D eigenvalue weighted by Gasteiger charge is 2.30. The summed E-state index contributed by atoms with van der Waals surface area (Å²) in [5.74, 6) is 2.55. The Hall–Kier alpha value is -3.65. The first-order valence-corrected chi connectivity index (χ1v) is 12.2. The van der Waals surface area contributed by atoms with E-state index in [-0.39, 0.29) is 5.82 Å². The van der Waals surface area contributed by atoms with Crippen molar-refractivity contribution in [2.45, 2.75) is 37.6 Å². The quantitative estimate of drug-likeness (QED) is 0.410. The van der Waals surface area contributed by atoms with Crippen molar-refractivity contribution in [1.29, 1.82) is 0 Å². The molecule has 1 saturated heterocycles. The first kappa shape index (κ1) is 21.9. The van der Waals surface area contributed by atoms with Gasteiger partial charge in [0.25, 0.3) is 0 Å². The third-order valence-electron chi connectivity index (χ3n) is 6.96. The third kappa shape index (κ3) is 4.53. The lowest BCUT2D eigenvalue weighted by atomic mass is 10.0. The molecule has 2 fully saturated rings. The average Bonchev–Trinajstić information content (AvgIpc) is 3.75. The van der Waals surface area contributed by atoms with Crippen LogP contribution < -0.4 is 15.5 Å². The molecule has 0 atom stereocenters. The van der Waals surface area contributed by atoms with Crippen LogP contribution in [0.2, 0.25) is 0 Å². The van der Waals surface area contributed by atoms with Crippen LogP contribution >= 0.6 is 0 Å². The lowest BCUT2D eigenvalue weighted by Crippen LogP contribution is -2.41. The molecule has 4 heterocycles. The maximum absolute atomic E-state index is 13.3. The largest absolute Gasteiger partial charge is 0.356 e. The molecular formula is C27H28FN7. The zero-order chi connectivity index (χ0) is 23.8. The number of pyridine rings is 2. The predicted octanol–water partition coefficient (Wildman–Crippen LogP) is 5.04. The van der Waals surface area contributed by atoms with E-state index in [0.29, 0.717) is 23.6 Å². The van der Waals surface area contributed by atoms with Crippen molar-refractivity contribution >= 4 is 28.2 Å². The first-order valence-electron chi connectivity index (χ1n) is 12.2. The molecule has 1 saturated carbocycles. The highest BCUT2D eigenvalue weighted by atomic mass is 19.1. The second kappa shape index (κ2) is 9.19. The van der Waals surface area contributed by atoms with Gasteiger partial charge in [-0.05, 0) is 86.7 Å². The molecule has 8 heteroatoms. The highest BCUT2D eigenvalue weighted by molar-refractivity contribution is 5.94. The van der Waals surface area contributed by atoms with Crippen LogP contribution in [0.3, 0.4) is 0 Å². The van der Waals surface area contributed by atoms with E-state index < -0.39 is 0 Å². The lowest BCUT2D eigenvalue weighted by molar-refractivity contribution is 0.442. The Kier molecular flexibility index (Phi) is 5.74. The number of hydrogen-bond acceptors (Lipinski definition) is 7. The molecule has 0 radical (unpaired) electrons. The molecule has 3 aromatic heterocycles. The summed E-state index contributed by atoms with van der Waals surface area (Å²) in [6.45, 7) is 2.04. The molecule has 1 aliphatic carbocycles. The molecule has 0 bridgehead atoms. The second-order valence-corrected chi connectivity index (χ2v) is 9.42. The van der Waals surface area contributed by atoms with Crippen molar-refractivity contribution in [3.63, 3.8) is 0 Å². The fraction of sp³-hybridized carbons (Fsp3) is 0.333. The minimum atomic E-state index is -0.272. The summed E-state index contributed by atoms with van der Waals surface area (Å²) in [4.78, 5) is 21.4. The van der Waals surface area contributed by atoms with Crippen LogP contribution in [0.4, 0.5) is 21.7 Å². The van der Waals surface area contributed by atoms with E-state index in [1.807, 2.05) is 24.5 Å². The summed E-state index contributed by atoms with van der Waals surface area (Å²) in [6.07, 6.45) is 10.2. The minimum Gasteiger partial charge on any atom is -0.356 e. The summed E-state index contributed by atoms with van der Waals surface area (Å²) in [5.41, 5.74) is 3.77. The highest BCUT2D eigenvalue weighted by Crippen LogP contribution is 2.45. The molecule has 1 aliphatic heterocycles. The van der Waals surface area contributed by atoms with Crippen LogP contribution in [0, 0.1) is 5.82 Å². The molecule has 35 heavy (non-hydrogen) atoms. The average molecular weight is 470 g/mol. The normalized spacial score (nSPS) is 16.4. The molecule has 178 valence electrons. The zero-order valence-corrected chi connectivity index (χ0v) is 19.7. The van der Waals surface area contributed by atoms with Gasteiger partial charge in [0.1, 0.15) is 17.5 Å². The Bertz CT molecular complexity index is 1350. The van der Waals surface area contributed by atoms with Gasteiger partial charge in [-0.1, -0.05) is 0 Å². The Morgan fingerprint density at radius 3 is 2.57 bits per heavy atom. The maximum Gasteiger partial charge on any atom is 0.162 e. The number of hydrogen-bond donors (Lipinski definition) is 2. The van der Waals surface area contributed by atoms with Crippen molar-refractivity contribution in [3.8, 4) is 11.4 Å². The number of nitrogens with one attached hydrogen (secondary N) is 2. The predicted molar refractivity (Wildman–Crippen MR) is 137 cm³/mol. The molecule has 6 rings (SSSR count). The van der Waals surface area contributed by atoms with Crippen molar-refractivity contribution in [3.05, 3.63) is 66.4 Å². The Morgan fingerprint density at radius 1 is 1.00 bits per heavy atom. The van der Waals surface area contributed by atoms with Crippen LogP contribution in [-0.2, 0) is 0 Å². The van der Waals surface area contributed by atoms with Gasteiger partial charge in [-0.15, -0.1) is 0 Å². The van der Waals surface area contributed by atoms with E-state index in [1.54, 1.807) is 18.3 Å². The molecule has 0 spiro atoms. The number of nitrogens with zero attached hydrogens (tertiary/aromatic N) is 5. The molecule has 0 unspecified atom stereocenters. The Labute approximate surface area is 203 Å². The monoisotopic (exact) mass is 469 g/mol. The smallest absolute Gasteiger partial charge is 0.162 e. The number of aromatic nitrogens is 4. The minimum absolute atomic E-state index is 0.272. The van der Waals surface area contributed by atoms with Crippen LogP contribution in [0.15, 0.2) is 55.0 Å². The van der Waals surface area contributed by atoms with E-state index in [1.165, 1.54) is 30.5 Å². The first-order chi connectivity index (χ1) is 17.2. The van der Waals surface area contributed by atoms with Gasteiger partial charge in [0.2, 0.25) is 0 Å². The van der Waals surface area contributed by atoms with E-state index in [2.05, 4.69) is 32.5 Å². The molecule has 1 aromatic carbocycles. The molecule has 4 aromatic rings. The van der Waals surface area contributed by atoms with Crippen molar-refractivity contribution < 1.29 is 4.39 Å². The SMILES string of the molecule is CN(c1nc(-c2ccnc(Nc3ccc(F)cc3)c2)nc2cncc(C3CC3)c12)C1CCNCC1. The molecule has 2 N–H and O–H groups in total. The van der Waals surface area contributed by atoms with Gasteiger partial charge < -0.3 is 15.5 Å². The van der Waals surface area contributed by atoms with Crippen LogP contribution in [0.1, 0.15) is 37.2 Å². The van der Waals surface area contributed by atoms with E-state index >= 15 is 0 Å². The topological polar surface area (TPSA) is 78.9 Å². The van der Waals surface area contributed by atoms with Gasteiger partial charge in [-0.2, -0.15) is 0 Å². The molecule has 2 aliphatic rings. The summed E-state index contributed by atoms with van der Waals surface area (Å²) in [5, 5.41) is 7.83. The van der Waals surface area contributed by atoms with Gasteiger partial charge in [-0.25, -0.2) is 19.3 Å². The third-order valence-corrected chi connectivity index (χ3v) is 6.96. The summed E-state index contributed by atoms with van der Waals surface area (Å²) >= 11 is 0. The van der Waals surface area contributed by atoms with Crippen LogP contribution in [0.25, 0.3) is 22.3 Å². The van der Waals surface area contributed by atoms with Crippen molar-refractivity contribution in [1.82, 2.24) is 25.3 Å². The van der Waals surface area contributed by atoms with Crippen LogP contribution in [-0.4, -0.2) is 46.1 Å². The van der Waals surface area contributed by atoms with Crippen molar-refractivity contribution in [2.24, 2.45) is 0 Å². The number of rotatable bonds is 6. The summed E-state index contributed by atoms with van der Waals surface area (Å²) < 4.78 is 13.3. The zero-order valence-electron chi connectivity index (χ0n) is 19.7. The van der Waals surface area contributed by atoms with E-state index in [9.17, 15) is 4.39 Å². The van der Waals surface area contributed by atoms with Gasteiger partial charge in [-0.3, -0.25) is 4.98 Å². The number of piperidine rings is 1. The number of benzene rings is 1. The van der Waals surface area contributed by atoms with E-state index in [4.69, 9.17) is 9.97 Å². The van der Waals surface area contributed by atoms with Gasteiger partial charge >= 0.3 is 0 Å². The Morgan fingerprint density at radius 2 is 1.80 bits per heavy atom. The maximum atomic E-state index is 13.3. The van der Waals surface area contributed by atoms with Gasteiger partial charge in [0.05, 0.1) is 11.7 Å². The standard InChI is InChI=1S/C27H28FN7/c1-35(21-9-11-29-12-10-21)27-25-22(17-2-3-17)15-30-16-23(25)33-26(34-27)18-8-13-31-24(14-18)32-20-6-4-19(28)5-7-20/h4-8,13-17,21,29H,2-3,9-12H2,1H3,(H,31,32). The number of fused-ring (bicyclic) bond motifs is 1. The fourth-order valence-electron chi connectivity index (χ4n) is 4.86. The molecular weight excluding hydrogens is 441 g/mol. The lowest BCUT2D eigenvalue weighted by Gasteiger charge is -2.33. The number of anilines is 3. The van der Waals surface area contributed by atoms with Gasteiger partial charge in [0, 0.05) is 42.1 Å². The summed E-state index contributed by atoms with van der Waals surface area (Å²) in [7, 11) is 2.16. The van der Waals surface area contributed by atoms with Crippen molar-refractivity contribution in [2.75, 3.05) is 30.4 Å². The summed E-state index contributed by atoms with van der Waals surface area (Å²) in [6, 6.07) is 10.5. The fourth-order valence-corrected chi connectivity index (χ4v) is 4.86. The van der Waals surface area contributed by atoms with Gasteiger partial charge in [0.15, 0.2) is 5.82 Å². The molecule has 7 nitrogen and oxygen atoms in total. The Balaban J connectivity index is 1.42. The van der Waals surface area contributed by atoms with Crippen LogP contribution in [0.5, 0.6) is 0 Å². The number of halogens is 1. The van der Waals surface area contributed by atoms with E-state index in [0.717, 1.165) is 53.9 Å². The second-order valence-electron chi connectivity index (χ2n) is 9.42. The molecule has 0 amide bonds.